The molecule has 0 unspecified atom stereocenters. The van der Waals surface area contributed by atoms with E-state index in [0.29, 0.717) is 0 Å². The largest absolute Gasteiger partial charge is 0.466 e. The van der Waals surface area contributed by atoms with E-state index in [1.54, 1.807) is 6.08 Å². The lowest BCUT2D eigenvalue weighted by Gasteiger charge is -2.16. The summed E-state index contributed by atoms with van der Waals surface area (Å²) in [4.78, 5) is 11.3. The summed E-state index contributed by atoms with van der Waals surface area (Å²) in [5.74, 6) is -0.230. The first-order chi connectivity index (χ1) is 7.22. The molecule has 0 bridgehead atoms. The van der Waals surface area contributed by atoms with Gasteiger partial charge in [-0.25, -0.2) is 4.79 Å². The van der Waals surface area contributed by atoms with Crippen LogP contribution in [0, 0.1) is 0 Å². The molecule has 0 radical (unpaired) electrons. The summed E-state index contributed by atoms with van der Waals surface area (Å²) in [5.41, 5.74) is 3.05. The van der Waals surface area contributed by atoms with Crippen molar-refractivity contribution in [2.45, 2.75) is 19.8 Å². The molecule has 1 rings (SSSR count). The van der Waals surface area contributed by atoms with Gasteiger partial charge in [0.2, 0.25) is 0 Å². The summed E-state index contributed by atoms with van der Waals surface area (Å²) in [5, 5.41) is 0. The maximum atomic E-state index is 11.3. The van der Waals surface area contributed by atoms with E-state index < -0.39 is 0 Å². The third kappa shape index (κ3) is 2.69. The van der Waals surface area contributed by atoms with Crippen molar-refractivity contribution in [3.05, 3.63) is 47.6 Å². The molecule has 0 heterocycles. The number of carbonyl (C=O) groups excluding carboxylic acids is 1. The molecular formula is C13H16O2. The van der Waals surface area contributed by atoms with E-state index in [1.807, 2.05) is 25.2 Å². The highest BCUT2D eigenvalue weighted by Gasteiger charge is 2.17. The molecule has 0 N–H and O–H groups in total. The number of hydrogen-bond donors (Lipinski definition) is 0. The minimum atomic E-state index is -0.230. The van der Waals surface area contributed by atoms with Gasteiger partial charge in [0.1, 0.15) is 0 Å². The van der Waals surface area contributed by atoms with Gasteiger partial charge in [-0.15, -0.1) is 0 Å². The van der Waals surface area contributed by atoms with Gasteiger partial charge < -0.3 is 4.74 Å². The second-order valence-corrected chi connectivity index (χ2v) is 3.33. The van der Waals surface area contributed by atoms with E-state index in [4.69, 9.17) is 4.74 Å². The molecule has 0 aromatic rings. The van der Waals surface area contributed by atoms with Gasteiger partial charge in [-0.3, -0.25) is 0 Å². The first-order valence-electron chi connectivity index (χ1n) is 5.00. The van der Waals surface area contributed by atoms with Crippen LogP contribution in [-0.2, 0) is 9.53 Å². The standard InChI is InChI=1S/C13H16O2/c1-4-6-11-7-8-12(13(14)15-3)9-10(11)5-2/h4-6,9H,1,7-8H2,2-3H3/b10-5-,11-6-. The molecule has 1 aliphatic rings. The molecule has 0 aromatic heterocycles. The normalized spacial score (nSPS) is 21.3. The van der Waals surface area contributed by atoms with E-state index in [9.17, 15) is 4.79 Å². The minimum absolute atomic E-state index is 0.230. The molecule has 2 heteroatoms. The molecule has 0 fully saturated rings. The van der Waals surface area contributed by atoms with E-state index in [1.165, 1.54) is 12.7 Å². The van der Waals surface area contributed by atoms with Crippen molar-refractivity contribution < 1.29 is 9.53 Å². The number of esters is 1. The number of hydrogen-bond acceptors (Lipinski definition) is 2. The summed E-state index contributed by atoms with van der Waals surface area (Å²) >= 11 is 0. The summed E-state index contributed by atoms with van der Waals surface area (Å²) in [7, 11) is 1.41. The fraction of sp³-hybridized carbons (Fsp3) is 0.308. The fourth-order valence-corrected chi connectivity index (χ4v) is 1.65. The molecular weight excluding hydrogens is 188 g/mol. The Morgan fingerprint density at radius 3 is 2.80 bits per heavy atom. The van der Waals surface area contributed by atoms with Crippen LogP contribution in [0.3, 0.4) is 0 Å². The van der Waals surface area contributed by atoms with Crippen LogP contribution in [0.25, 0.3) is 0 Å². The van der Waals surface area contributed by atoms with Crippen LogP contribution in [0.5, 0.6) is 0 Å². The molecule has 15 heavy (non-hydrogen) atoms. The van der Waals surface area contributed by atoms with Crippen LogP contribution in [0.4, 0.5) is 0 Å². The molecule has 0 saturated heterocycles. The van der Waals surface area contributed by atoms with Crippen LogP contribution in [0.1, 0.15) is 19.8 Å². The fourth-order valence-electron chi connectivity index (χ4n) is 1.65. The maximum absolute atomic E-state index is 11.3. The number of rotatable bonds is 2. The minimum Gasteiger partial charge on any atom is -0.466 e. The zero-order valence-electron chi connectivity index (χ0n) is 9.25. The maximum Gasteiger partial charge on any atom is 0.333 e. The first kappa shape index (κ1) is 11.5. The second kappa shape index (κ2) is 5.35. The Balaban J connectivity index is 2.98. The molecule has 80 valence electrons. The Hall–Kier alpha value is -1.57. The molecule has 0 aromatic carbocycles. The highest BCUT2D eigenvalue weighted by Crippen LogP contribution is 2.28. The van der Waals surface area contributed by atoms with E-state index >= 15 is 0 Å². The van der Waals surface area contributed by atoms with Gasteiger partial charge in [-0.05, 0) is 37.0 Å². The van der Waals surface area contributed by atoms with Crippen molar-refractivity contribution in [2.75, 3.05) is 7.11 Å². The molecule has 0 saturated carbocycles. The molecule has 0 atom stereocenters. The summed E-state index contributed by atoms with van der Waals surface area (Å²) in [6, 6.07) is 0. The molecule has 1 aliphatic carbocycles. The number of carbonyl (C=O) groups is 1. The van der Waals surface area contributed by atoms with Crippen LogP contribution in [0.2, 0.25) is 0 Å². The van der Waals surface area contributed by atoms with Gasteiger partial charge in [0.05, 0.1) is 7.11 Å². The Bertz CT molecular complexity index is 357. The van der Waals surface area contributed by atoms with Crippen LogP contribution < -0.4 is 0 Å². The Labute approximate surface area is 90.6 Å². The van der Waals surface area contributed by atoms with Crippen LogP contribution >= 0.6 is 0 Å². The Morgan fingerprint density at radius 1 is 1.53 bits per heavy atom. The van der Waals surface area contributed by atoms with E-state index in [0.717, 1.165) is 24.0 Å². The lowest BCUT2D eigenvalue weighted by atomic mass is 9.90. The zero-order chi connectivity index (χ0) is 11.3. The van der Waals surface area contributed by atoms with Crippen molar-refractivity contribution in [1.82, 2.24) is 0 Å². The average molecular weight is 204 g/mol. The number of methoxy groups -OCH3 is 1. The van der Waals surface area contributed by atoms with Gasteiger partial charge in [0.15, 0.2) is 0 Å². The van der Waals surface area contributed by atoms with Gasteiger partial charge >= 0.3 is 5.97 Å². The van der Waals surface area contributed by atoms with Gasteiger partial charge in [0, 0.05) is 5.57 Å². The molecule has 0 amide bonds. The Kier molecular flexibility index (Phi) is 4.10. The predicted octanol–water partition coefficient (Wildman–Crippen LogP) is 2.94. The number of ether oxygens (including phenoxy) is 1. The highest BCUT2D eigenvalue weighted by molar-refractivity contribution is 5.89. The highest BCUT2D eigenvalue weighted by atomic mass is 16.5. The predicted molar refractivity (Wildman–Crippen MR) is 61.4 cm³/mol. The lowest BCUT2D eigenvalue weighted by molar-refractivity contribution is -0.136. The van der Waals surface area contributed by atoms with Gasteiger partial charge in [-0.2, -0.15) is 0 Å². The molecule has 0 spiro atoms. The van der Waals surface area contributed by atoms with Gasteiger partial charge in [0.25, 0.3) is 0 Å². The van der Waals surface area contributed by atoms with Crippen LogP contribution in [0.15, 0.2) is 47.6 Å². The zero-order valence-corrected chi connectivity index (χ0v) is 9.25. The topological polar surface area (TPSA) is 26.3 Å². The SMILES string of the molecule is C=C/C=C1/CCC(C(=O)OC)=C/C1=C/C. The summed E-state index contributed by atoms with van der Waals surface area (Å²) in [6.45, 7) is 5.64. The van der Waals surface area contributed by atoms with Crippen LogP contribution in [-0.4, -0.2) is 13.1 Å². The van der Waals surface area contributed by atoms with Gasteiger partial charge in [-0.1, -0.05) is 24.8 Å². The third-order valence-corrected chi connectivity index (χ3v) is 2.44. The third-order valence-electron chi connectivity index (χ3n) is 2.44. The first-order valence-corrected chi connectivity index (χ1v) is 5.00. The molecule has 2 nitrogen and oxygen atoms in total. The monoisotopic (exact) mass is 204 g/mol. The Morgan fingerprint density at radius 2 is 2.27 bits per heavy atom. The van der Waals surface area contributed by atoms with Crippen molar-refractivity contribution >= 4 is 5.97 Å². The number of allylic oxidation sites excluding steroid dienone is 6. The summed E-state index contributed by atoms with van der Waals surface area (Å²) in [6.07, 6.45) is 9.26. The van der Waals surface area contributed by atoms with E-state index in [-0.39, 0.29) is 5.97 Å². The second-order valence-electron chi connectivity index (χ2n) is 3.33. The van der Waals surface area contributed by atoms with E-state index in [2.05, 4.69) is 6.58 Å². The molecule has 0 aliphatic heterocycles. The average Bonchev–Trinajstić information content (AvgIpc) is 2.29. The smallest absolute Gasteiger partial charge is 0.333 e. The van der Waals surface area contributed by atoms with Crippen molar-refractivity contribution in [3.63, 3.8) is 0 Å². The lowest BCUT2D eigenvalue weighted by Crippen LogP contribution is -2.09. The quantitative estimate of drug-likeness (QED) is 0.646. The van der Waals surface area contributed by atoms with Crippen molar-refractivity contribution in [2.24, 2.45) is 0 Å². The summed E-state index contributed by atoms with van der Waals surface area (Å²) < 4.78 is 4.70. The van der Waals surface area contributed by atoms with Crippen molar-refractivity contribution in [3.8, 4) is 0 Å². The van der Waals surface area contributed by atoms with Crippen molar-refractivity contribution in [1.29, 1.82) is 0 Å².